The van der Waals surface area contributed by atoms with E-state index in [2.05, 4.69) is 4.90 Å². The molecule has 2 fully saturated rings. The Balaban J connectivity index is 1.82. The highest BCUT2D eigenvalue weighted by atomic mass is 16.5. The van der Waals surface area contributed by atoms with Crippen LogP contribution in [0.15, 0.2) is 0 Å². The largest absolute Gasteiger partial charge is 0.481 e. The fourth-order valence-corrected chi connectivity index (χ4v) is 2.74. The number of carbonyl (C=O) groups is 1. The summed E-state index contributed by atoms with van der Waals surface area (Å²) in [5.74, 6) is -0.988. The summed E-state index contributed by atoms with van der Waals surface area (Å²) in [6, 6.07) is 0. The van der Waals surface area contributed by atoms with Crippen LogP contribution in [-0.4, -0.2) is 59.5 Å². The summed E-state index contributed by atoms with van der Waals surface area (Å²) in [5, 5.41) is 19.4. The van der Waals surface area contributed by atoms with E-state index in [1.165, 1.54) is 0 Å². The van der Waals surface area contributed by atoms with Gasteiger partial charge in [-0.2, -0.15) is 0 Å². The van der Waals surface area contributed by atoms with E-state index in [4.69, 9.17) is 9.84 Å². The minimum absolute atomic E-state index is 0.264. The van der Waals surface area contributed by atoms with Crippen molar-refractivity contribution in [2.75, 3.05) is 32.8 Å². The van der Waals surface area contributed by atoms with Crippen molar-refractivity contribution < 1.29 is 19.7 Å². The van der Waals surface area contributed by atoms with Crippen LogP contribution in [0.2, 0.25) is 0 Å². The van der Waals surface area contributed by atoms with Gasteiger partial charge in [0, 0.05) is 19.6 Å². The number of carboxylic acid groups (broad SMARTS) is 1. The minimum Gasteiger partial charge on any atom is -0.481 e. The molecule has 98 valence electrons. The zero-order valence-corrected chi connectivity index (χ0v) is 10.1. The van der Waals surface area contributed by atoms with E-state index < -0.39 is 11.6 Å². The molecular weight excluding hydrogens is 222 g/mol. The van der Waals surface area contributed by atoms with Gasteiger partial charge in [-0.1, -0.05) is 0 Å². The Morgan fingerprint density at radius 2 is 1.88 bits per heavy atom. The third-order valence-corrected chi connectivity index (χ3v) is 3.89. The second-order valence-electron chi connectivity index (χ2n) is 5.23. The topological polar surface area (TPSA) is 70.0 Å². The highest BCUT2D eigenvalue weighted by molar-refractivity contribution is 5.70. The molecule has 1 aliphatic carbocycles. The Bertz CT molecular complexity index is 268. The number of aliphatic carboxylic acids is 1. The molecule has 0 radical (unpaired) electrons. The van der Waals surface area contributed by atoms with Crippen LogP contribution in [0.1, 0.15) is 25.7 Å². The zero-order valence-electron chi connectivity index (χ0n) is 10.1. The standard InChI is InChI=1S/C12H21NO4/c14-11(15)10-1-3-12(16,4-2-10)9-13-5-7-17-8-6-13/h10,16H,1-9H2,(H,14,15). The number of carboxylic acids is 1. The van der Waals surface area contributed by atoms with Crippen molar-refractivity contribution in [3.8, 4) is 0 Å². The third-order valence-electron chi connectivity index (χ3n) is 3.89. The summed E-state index contributed by atoms with van der Waals surface area (Å²) in [6.45, 7) is 3.85. The van der Waals surface area contributed by atoms with E-state index in [1.54, 1.807) is 0 Å². The maximum atomic E-state index is 10.8. The van der Waals surface area contributed by atoms with Crippen molar-refractivity contribution in [3.63, 3.8) is 0 Å². The Hall–Kier alpha value is -0.650. The van der Waals surface area contributed by atoms with Crippen molar-refractivity contribution in [2.24, 2.45) is 5.92 Å². The molecule has 1 saturated heterocycles. The van der Waals surface area contributed by atoms with Gasteiger partial charge in [0.1, 0.15) is 0 Å². The summed E-state index contributed by atoms with van der Waals surface area (Å²) in [6.07, 6.45) is 2.38. The van der Waals surface area contributed by atoms with E-state index in [1.807, 2.05) is 0 Å². The zero-order chi connectivity index (χ0) is 12.3. The second-order valence-corrected chi connectivity index (χ2v) is 5.23. The third kappa shape index (κ3) is 3.40. The van der Waals surface area contributed by atoms with Gasteiger partial charge in [0.2, 0.25) is 0 Å². The van der Waals surface area contributed by atoms with E-state index >= 15 is 0 Å². The average Bonchev–Trinajstić information content (AvgIpc) is 2.30. The molecule has 0 aromatic carbocycles. The summed E-state index contributed by atoms with van der Waals surface area (Å²) in [4.78, 5) is 13.1. The first-order valence-corrected chi connectivity index (χ1v) is 6.34. The fourth-order valence-electron chi connectivity index (χ4n) is 2.74. The van der Waals surface area contributed by atoms with Crippen molar-refractivity contribution in [1.82, 2.24) is 4.90 Å². The second kappa shape index (κ2) is 5.33. The maximum absolute atomic E-state index is 10.8. The molecule has 5 nitrogen and oxygen atoms in total. The van der Waals surface area contributed by atoms with Crippen molar-refractivity contribution in [1.29, 1.82) is 0 Å². The quantitative estimate of drug-likeness (QED) is 0.747. The first-order chi connectivity index (χ1) is 8.09. The van der Waals surface area contributed by atoms with Crippen LogP contribution >= 0.6 is 0 Å². The molecule has 17 heavy (non-hydrogen) atoms. The molecule has 1 saturated carbocycles. The van der Waals surface area contributed by atoms with Gasteiger partial charge in [0.05, 0.1) is 24.7 Å². The van der Waals surface area contributed by atoms with Crippen LogP contribution in [0.3, 0.4) is 0 Å². The predicted octanol–water partition coefficient (Wildman–Crippen LogP) is 0.324. The minimum atomic E-state index is -0.724. The van der Waals surface area contributed by atoms with Gasteiger partial charge < -0.3 is 14.9 Å². The number of aliphatic hydroxyl groups is 1. The fraction of sp³-hybridized carbons (Fsp3) is 0.917. The summed E-state index contributed by atoms with van der Waals surface area (Å²) in [7, 11) is 0. The van der Waals surface area contributed by atoms with Gasteiger partial charge in [-0.3, -0.25) is 9.69 Å². The normalized spacial score (nSPS) is 35.7. The summed E-state index contributed by atoms with van der Waals surface area (Å²) >= 11 is 0. The number of ether oxygens (including phenoxy) is 1. The van der Waals surface area contributed by atoms with Crippen molar-refractivity contribution >= 4 is 5.97 Å². The molecule has 2 N–H and O–H groups in total. The first kappa shape index (κ1) is 12.8. The average molecular weight is 243 g/mol. The van der Waals surface area contributed by atoms with E-state index in [0.717, 1.165) is 26.3 Å². The van der Waals surface area contributed by atoms with Crippen LogP contribution in [0.25, 0.3) is 0 Å². The van der Waals surface area contributed by atoms with Crippen LogP contribution in [0, 0.1) is 5.92 Å². The van der Waals surface area contributed by atoms with Crippen LogP contribution < -0.4 is 0 Å². The summed E-state index contributed by atoms with van der Waals surface area (Å²) in [5.41, 5.74) is -0.691. The Labute approximate surface area is 101 Å². The molecule has 0 bridgehead atoms. The molecule has 0 unspecified atom stereocenters. The van der Waals surface area contributed by atoms with Gasteiger partial charge in [-0.05, 0) is 25.7 Å². The molecule has 2 rings (SSSR count). The van der Waals surface area contributed by atoms with E-state index in [0.29, 0.717) is 32.2 Å². The molecule has 1 heterocycles. The number of β-amino-alcohol motifs (C(OH)–C–C–N with tert-alkyl or cyclic N) is 1. The van der Waals surface area contributed by atoms with Gasteiger partial charge in [0.25, 0.3) is 0 Å². The molecule has 0 aromatic heterocycles. The molecule has 5 heteroatoms. The van der Waals surface area contributed by atoms with E-state index in [9.17, 15) is 9.90 Å². The van der Waals surface area contributed by atoms with Crippen molar-refractivity contribution in [3.05, 3.63) is 0 Å². The maximum Gasteiger partial charge on any atom is 0.306 e. The number of rotatable bonds is 3. The number of hydrogen-bond donors (Lipinski definition) is 2. The Kier molecular flexibility index (Phi) is 4.01. The number of morpholine rings is 1. The lowest BCUT2D eigenvalue weighted by atomic mass is 9.78. The number of nitrogens with zero attached hydrogens (tertiary/aromatic N) is 1. The predicted molar refractivity (Wildman–Crippen MR) is 61.8 cm³/mol. The molecule has 1 aliphatic heterocycles. The highest BCUT2D eigenvalue weighted by Gasteiger charge is 2.37. The molecule has 0 aromatic rings. The summed E-state index contributed by atoms with van der Waals surface area (Å²) < 4.78 is 5.27. The van der Waals surface area contributed by atoms with Crippen molar-refractivity contribution in [2.45, 2.75) is 31.3 Å². The lowest BCUT2D eigenvalue weighted by Crippen LogP contribution is -2.49. The Morgan fingerprint density at radius 1 is 1.29 bits per heavy atom. The monoisotopic (exact) mass is 243 g/mol. The van der Waals surface area contributed by atoms with Crippen LogP contribution in [0.4, 0.5) is 0 Å². The SMILES string of the molecule is O=C(O)C1CCC(O)(CN2CCOCC2)CC1. The van der Waals surface area contributed by atoms with Gasteiger partial charge in [-0.25, -0.2) is 0 Å². The molecule has 0 spiro atoms. The lowest BCUT2D eigenvalue weighted by molar-refractivity contribution is -0.145. The Morgan fingerprint density at radius 3 is 2.41 bits per heavy atom. The molecule has 2 aliphatic rings. The lowest BCUT2D eigenvalue weighted by Gasteiger charge is -2.39. The molecule has 0 atom stereocenters. The van der Waals surface area contributed by atoms with Gasteiger partial charge >= 0.3 is 5.97 Å². The smallest absolute Gasteiger partial charge is 0.306 e. The number of hydrogen-bond acceptors (Lipinski definition) is 4. The van der Waals surface area contributed by atoms with Gasteiger partial charge in [-0.15, -0.1) is 0 Å². The highest BCUT2D eigenvalue weighted by Crippen LogP contribution is 2.33. The van der Waals surface area contributed by atoms with Crippen LogP contribution in [0.5, 0.6) is 0 Å². The van der Waals surface area contributed by atoms with E-state index in [-0.39, 0.29) is 5.92 Å². The molecule has 0 amide bonds. The van der Waals surface area contributed by atoms with Gasteiger partial charge in [0.15, 0.2) is 0 Å². The molecular formula is C12H21NO4. The van der Waals surface area contributed by atoms with Crippen LogP contribution in [-0.2, 0) is 9.53 Å². The first-order valence-electron chi connectivity index (χ1n) is 6.34.